The van der Waals surface area contributed by atoms with E-state index in [-0.39, 0.29) is 6.42 Å². The van der Waals surface area contributed by atoms with Crippen molar-refractivity contribution in [2.24, 2.45) is 3.21 Å². The summed E-state index contributed by atoms with van der Waals surface area (Å²) in [5.74, 6) is -0.792. The van der Waals surface area contributed by atoms with Gasteiger partial charge in [0.15, 0.2) is 0 Å². The van der Waals surface area contributed by atoms with Crippen LogP contribution in [-0.4, -0.2) is 16.8 Å². The standard InChI is InChI=1S/C11H12INO2/c1-8-2-4-9(5-3-8)10(13-12)6-7-11(14)15/h2-5H,6-7H2,1H3,(H,14,15)/b13-10+. The first-order chi connectivity index (χ1) is 7.13. The number of hydrogen-bond donors (Lipinski definition) is 1. The van der Waals surface area contributed by atoms with Crippen molar-refractivity contribution in [3.63, 3.8) is 0 Å². The maximum atomic E-state index is 10.4. The average molecular weight is 317 g/mol. The first kappa shape index (κ1) is 12.2. The second-order valence-electron chi connectivity index (χ2n) is 3.29. The van der Waals surface area contributed by atoms with Gasteiger partial charge < -0.3 is 5.11 Å². The van der Waals surface area contributed by atoms with E-state index in [0.717, 1.165) is 11.3 Å². The normalized spacial score (nSPS) is 11.5. The topological polar surface area (TPSA) is 49.7 Å². The lowest BCUT2D eigenvalue weighted by molar-refractivity contribution is -0.136. The van der Waals surface area contributed by atoms with Crippen molar-refractivity contribution in [2.45, 2.75) is 19.8 Å². The summed E-state index contributed by atoms with van der Waals surface area (Å²) in [5, 5.41) is 8.59. The number of carbonyl (C=O) groups is 1. The van der Waals surface area contributed by atoms with Crippen LogP contribution in [0.1, 0.15) is 24.0 Å². The summed E-state index contributed by atoms with van der Waals surface area (Å²) in [7, 11) is 0. The lowest BCUT2D eigenvalue weighted by Crippen LogP contribution is -2.04. The summed E-state index contributed by atoms with van der Waals surface area (Å²) < 4.78 is 4.08. The van der Waals surface area contributed by atoms with E-state index in [1.54, 1.807) is 0 Å². The quantitative estimate of drug-likeness (QED) is 0.685. The first-order valence-electron chi connectivity index (χ1n) is 4.60. The lowest BCUT2D eigenvalue weighted by Gasteiger charge is -2.03. The molecule has 0 unspecified atom stereocenters. The minimum atomic E-state index is -0.792. The molecule has 80 valence electrons. The number of carboxylic acid groups (broad SMARTS) is 1. The van der Waals surface area contributed by atoms with Gasteiger partial charge in [-0.3, -0.25) is 4.79 Å². The Morgan fingerprint density at radius 1 is 1.33 bits per heavy atom. The maximum absolute atomic E-state index is 10.4. The van der Waals surface area contributed by atoms with Crippen molar-refractivity contribution in [1.82, 2.24) is 0 Å². The van der Waals surface area contributed by atoms with Crippen molar-refractivity contribution in [2.75, 3.05) is 0 Å². The van der Waals surface area contributed by atoms with Gasteiger partial charge in [-0.1, -0.05) is 29.8 Å². The monoisotopic (exact) mass is 317 g/mol. The smallest absolute Gasteiger partial charge is 0.303 e. The van der Waals surface area contributed by atoms with Crippen LogP contribution in [0.3, 0.4) is 0 Å². The van der Waals surface area contributed by atoms with Crippen LogP contribution in [0.25, 0.3) is 0 Å². The van der Waals surface area contributed by atoms with Crippen molar-refractivity contribution in [3.8, 4) is 0 Å². The zero-order valence-electron chi connectivity index (χ0n) is 8.40. The van der Waals surface area contributed by atoms with Gasteiger partial charge in [0.1, 0.15) is 0 Å². The molecule has 0 radical (unpaired) electrons. The highest BCUT2D eigenvalue weighted by molar-refractivity contribution is 14.1. The highest BCUT2D eigenvalue weighted by Gasteiger charge is 2.05. The van der Waals surface area contributed by atoms with Gasteiger partial charge in [0.25, 0.3) is 0 Å². The molecule has 0 spiro atoms. The zero-order valence-corrected chi connectivity index (χ0v) is 10.6. The second kappa shape index (κ2) is 5.85. The Labute approximate surface area is 103 Å². The Balaban J connectivity index is 2.75. The molecule has 1 N–H and O–H groups in total. The van der Waals surface area contributed by atoms with Crippen LogP contribution in [0.15, 0.2) is 27.5 Å². The van der Waals surface area contributed by atoms with E-state index in [1.807, 2.05) is 54.1 Å². The molecule has 0 atom stereocenters. The molecule has 1 aromatic rings. The third-order valence-corrected chi connectivity index (χ3v) is 2.64. The lowest BCUT2D eigenvalue weighted by atomic mass is 10.0. The molecule has 0 bridgehead atoms. The van der Waals surface area contributed by atoms with Crippen LogP contribution in [0.2, 0.25) is 0 Å². The third-order valence-electron chi connectivity index (χ3n) is 2.06. The Kier molecular flexibility index (Phi) is 4.74. The Morgan fingerprint density at radius 2 is 1.93 bits per heavy atom. The fraction of sp³-hybridized carbons (Fsp3) is 0.273. The Morgan fingerprint density at radius 3 is 2.40 bits per heavy atom. The molecule has 0 aliphatic heterocycles. The molecule has 1 aromatic carbocycles. The largest absolute Gasteiger partial charge is 0.481 e. The van der Waals surface area contributed by atoms with Crippen LogP contribution in [0, 0.1) is 6.92 Å². The fourth-order valence-corrected chi connectivity index (χ4v) is 1.73. The molecule has 0 aliphatic carbocycles. The van der Waals surface area contributed by atoms with Crippen LogP contribution in [0.5, 0.6) is 0 Å². The van der Waals surface area contributed by atoms with Crippen LogP contribution >= 0.6 is 22.9 Å². The van der Waals surface area contributed by atoms with Gasteiger partial charge in [0.05, 0.1) is 35.0 Å². The molecule has 4 heteroatoms. The number of halogens is 1. The zero-order chi connectivity index (χ0) is 11.3. The van der Waals surface area contributed by atoms with Gasteiger partial charge in [-0.2, -0.15) is 0 Å². The minimum absolute atomic E-state index is 0.121. The van der Waals surface area contributed by atoms with Gasteiger partial charge >= 0.3 is 5.97 Å². The molecule has 0 aliphatic rings. The molecule has 0 fully saturated rings. The van der Waals surface area contributed by atoms with Crippen molar-refractivity contribution in [3.05, 3.63) is 35.4 Å². The molecule has 0 heterocycles. The van der Waals surface area contributed by atoms with Gasteiger partial charge in [0.2, 0.25) is 0 Å². The molecule has 15 heavy (non-hydrogen) atoms. The van der Waals surface area contributed by atoms with Crippen molar-refractivity contribution >= 4 is 34.5 Å². The second-order valence-corrected chi connectivity index (χ2v) is 3.77. The van der Waals surface area contributed by atoms with Gasteiger partial charge in [-0.05, 0) is 12.5 Å². The van der Waals surface area contributed by atoms with Crippen molar-refractivity contribution in [1.29, 1.82) is 0 Å². The minimum Gasteiger partial charge on any atom is -0.481 e. The summed E-state index contributed by atoms with van der Waals surface area (Å²) >= 11 is 1.90. The van der Waals surface area contributed by atoms with E-state index in [4.69, 9.17) is 5.11 Å². The Hall–Kier alpha value is -0.910. The highest BCUT2D eigenvalue weighted by atomic mass is 127. The number of hydrogen-bond acceptors (Lipinski definition) is 2. The summed E-state index contributed by atoms with van der Waals surface area (Å²) in [6, 6.07) is 7.93. The predicted octanol–water partition coefficient (Wildman–Crippen LogP) is 3.00. The first-order valence-corrected chi connectivity index (χ1v) is 5.56. The number of nitrogens with zero attached hydrogens (tertiary/aromatic N) is 1. The van der Waals surface area contributed by atoms with Crippen LogP contribution in [0.4, 0.5) is 0 Å². The average Bonchev–Trinajstić information content (AvgIpc) is 2.21. The summed E-state index contributed by atoms with van der Waals surface area (Å²) in [5.41, 5.74) is 3.01. The molecular formula is C11H12INO2. The van der Waals surface area contributed by atoms with E-state index in [2.05, 4.69) is 3.21 Å². The predicted molar refractivity (Wildman–Crippen MR) is 68.6 cm³/mol. The highest BCUT2D eigenvalue weighted by Crippen LogP contribution is 2.10. The molecule has 0 aromatic heterocycles. The number of carboxylic acids is 1. The van der Waals surface area contributed by atoms with Crippen LogP contribution < -0.4 is 0 Å². The molecule has 0 saturated heterocycles. The van der Waals surface area contributed by atoms with Crippen molar-refractivity contribution < 1.29 is 9.90 Å². The van der Waals surface area contributed by atoms with E-state index in [9.17, 15) is 4.79 Å². The number of aryl methyl sites for hydroxylation is 1. The maximum Gasteiger partial charge on any atom is 0.303 e. The van der Waals surface area contributed by atoms with Gasteiger partial charge in [-0.15, -0.1) is 0 Å². The SMILES string of the molecule is Cc1ccc(/C(CCC(=O)O)=N/I)cc1. The van der Waals surface area contributed by atoms with E-state index in [1.165, 1.54) is 5.56 Å². The van der Waals surface area contributed by atoms with Gasteiger partial charge in [-0.25, -0.2) is 3.21 Å². The van der Waals surface area contributed by atoms with E-state index in [0.29, 0.717) is 6.42 Å². The third kappa shape index (κ3) is 3.99. The molecule has 1 rings (SSSR count). The fourth-order valence-electron chi connectivity index (χ4n) is 1.21. The van der Waals surface area contributed by atoms with Crippen LogP contribution in [-0.2, 0) is 4.79 Å². The molecule has 0 saturated carbocycles. The summed E-state index contributed by atoms with van der Waals surface area (Å²) in [6.07, 6.45) is 0.594. The van der Waals surface area contributed by atoms with E-state index < -0.39 is 5.97 Å². The molecule has 3 nitrogen and oxygen atoms in total. The number of rotatable bonds is 4. The molecule has 0 amide bonds. The Bertz CT molecular complexity index is 371. The van der Waals surface area contributed by atoms with E-state index >= 15 is 0 Å². The summed E-state index contributed by atoms with van der Waals surface area (Å²) in [4.78, 5) is 10.4. The van der Waals surface area contributed by atoms with Gasteiger partial charge in [0, 0.05) is 6.42 Å². The molecular weight excluding hydrogens is 305 g/mol. The summed E-state index contributed by atoms with van der Waals surface area (Å²) in [6.45, 7) is 2.02. The number of benzene rings is 1. The number of aliphatic carboxylic acids is 1.